The Morgan fingerprint density at radius 3 is 2.24 bits per heavy atom. The quantitative estimate of drug-likeness (QED) is 0.881. The van der Waals surface area contributed by atoms with Crippen LogP contribution < -0.4 is 5.32 Å². The Kier molecular flexibility index (Phi) is 5.36. The van der Waals surface area contributed by atoms with Crippen molar-refractivity contribution in [3.8, 4) is 0 Å². The van der Waals surface area contributed by atoms with Crippen LogP contribution in [0.5, 0.6) is 0 Å². The molecule has 7 heteroatoms. The first-order chi connectivity index (χ1) is 9.49. The molecular formula is C14H21NO5S. The summed E-state index contributed by atoms with van der Waals surface area (Å²) in [4.78, 5) is 11.6. The maximum atomic E-state index is 11.5. The van der Waals surface area contributed by atoms with Crippen molar-refractivity contribution >= 4 is 15.9 Å². The monoisotopic (exact) mass is 315 g/mol. The van der Waals surface area contributed by atoms with Crippen LogP contribution in [-0.2, 0) is 14.6 Å². The van der Waals surface area contributed by atoms with Gasteiger partial charge < -0.3 is 15.2 Å². The van der Waals surface area contributed by atoms with Gasteiger partial charge in [-0.2, -0.15) is 0 Å². The zero-order chi connectivity index (χ0) is 16.3. The topological polar surface area (TPSA) is 92.7 Å². The number of nitrogens with one attached hydrogen (secondary N) is 1. The summed E-state index contributed by atoms with van der Waals surface area (Å²) in [5.74, 6) is 0. The number of amides is 1. The van der Waals surface area contributed by atoms with E-state index in [1.807, 2.05) is 0 Å². The van der Waals surface area contributed by atoms with Crippen LogP contribution in [0.15, 0.2) is 29.2 Å². The lowest BCUT2D eigenvalue weighted by Crippen LogP contribution is -2.34. The summed E-state index contributed by atoms with van der Waals surface area (Å²) in [5.41, 5.74) is -0.0925. The van der Waals surface area contributed by atoms with E-state index in [-0.39, 0.29) is 11.4 Å². The third kappa shape index (κ3) is 6.14. The van der Waals surface area contributed by atoms with Crippen LogP contribution in [0.2, 0.25) is 0 Å². The van der Waals surface area contributed by atoms with Gasteiger partial charge in [-0.1, -0.05) is 12.1 Å². The SMILES string of the molecule is CC(C)(C)OC(=O)NCC(O)c1ccc(S(C)(=O)=O)cc1. The molecule has 0 saturated heterocycles. The van der Waals surface area contributed by atoms with Gasteiger partial charge in [0.25, 0.3) is 0 Å². The fraction of sp³-hybridized carbons (Fsp3) is 0.500. The summed E-state index contributed by atoms with van der Waals surface area (Å²) in [7, 11) is -3.26. The molecule has 0 aromatic heterocycles. The molecule has 0 fully saturated rings. The number of aliphatic hydroxyl groups is 1. The number of hydrogen-bond donors (Lipinski definition) is 2. The summed E-state index contributed by atoms with van der Waals surface area (Å²) in [6, 6.07) is 5.86. The van der Waals surface area contributed by atoms with Crippen molar-refractivity contribution < 1.29 is 23.1 Å². The summed E-state index contributed by atoms with van der Waals surface area (Å²) >= 11 is 0. The van der Waals surface area contributed by atoms with Gasteiger partial charge in [-0.05, 0) is 38.5 Å². The molecule has 0 saturated carbocycles. The summed E-state index contributed by atoms with van der Waals surface area (Å²) in [5, 5.41) is 12.4. The van der Waals surface area contributed by atoms with E-state index in [0.717, 1.165) is 6.26 Å². The van der Waals surface area contributed by atoms with Crippen molar-refractivity contribution in [1.29, 1.82) is 0 Å². The number of sulfone groups is 1. The summed E-state index contributed by atoms with van der Waals surface area (Å²) in [6.07, 6.45) is -0.442. The average Bonchev–Trinajstić information content (AvgIpc) is 2.33. The number of carbonyl (C=O) groups excluding carboxylic acids is 1. The van der Waals surface area contributed by atoms with E-state index in [1.54, 1.807) is 20.8 Å². The lowest BCUT2D eigenvalue weighted by Gasteiger charge is -2.20. The van der Waals surface area contributed by atoms with E-state index in [0.29, 0.717) is 5.56 Å². The van der Waals surface area contributed by atoms with Gasteiger partial charge in [0.2, 0.25) is 0 Å². The largest absolute Gasteiger partial charge is 0.444 e. The fourth-order valence-electron chi connectivity index (χ4n) is 1.55. The predicted molar refractivity (Wildman–Crippen MR) is 78.7 cm³/mol. The normalized spacial score (nSPS) is 13.6. The maximum Gasteiger partial charge on any atom is 0.407 e. The number of aliphatic hydroxyl groups excluding tert-OH is 1. The van der Waals surface area contributed by atoms with E-state index in [9.17, 15) is 18.3 Å². The first-order valence-corrected chi connectivity index (χ1v) is 8.33. The first-order valence-electron chi connectivity index (χ1n) is 6.44. The average molecular weight is 315 g/mol. The second-order valence-corrected chi connectivity index (χ2v) is 7.76. The third-order valence-electron chi connectivity index (χ3n) is 2.53. The molecule has 0 heterocycles. The Morgan fingerprint density at radius 1 is 1.29 bits per heavy atom. The molecule has 2 N–H and O–H groups in total. The summed E-state index contributed by atoms with van der Waals surface area (Å²) in [6.45, 7) is 5.21. The Morgan fingerprint density at radius 2 is 1.81 bits per heavy atom. The molecule has 1 aromatic carbocycles. The highest BCUT2D eigenvalue weighted by Crippen LogP contribution is 2.16. The highest BCUT2D eigenvalue weighted by molar-refractivity contribution is 7.90. The number of benzene rings is 1. The Labute approximate surface area is 125 Å². The minimum absolute atomic E-state index is 0.0207. The van der Waals surface area contributed by atoms with Crippen LogP contribution in [0.25, 0.3) is 0 Å². The molecule has 1 rings (SSSR count). The number of hydrogen-bond acceptors (Lipinski definition) is 5. The number of ether oxygens (including phenoxy) is 1. The van der Waals surface area contributed by atoms with Gasteiger partial charge in [0.05, 0.1) is 17.5 Å². The number of alkyl carbamates (subject to hydrolysis) is 1. The second-order valence-electron chi connectivity index (χ2n) is 5.74. The molecule has 1 amide bonds. The van der Waals surface area contributed by atoms with Gasteiger partial charge in [-0.3, -0.25) is 0 Å². The lowest BCUT2D eigenvalue weighted by atomic mass is 10.1. The van der Waals surface area contributed by atoms with Crippen LogP contribution in [0.1, 0.15) is 32.4 Å². The number of carbonyl (C=O) groups is 1. The minimum atomic E-state index is -3.26. The van der Waals surface area contributed by atoms with Gasteiger partial charge in [-0.25, -0.2) is 13.2 Å². The van der Waals surface area contributed by atoms with Crippen LogP contribution in [-0.4, -0.2) is 38.0 Å². The van der Waals surface area contributed by atoms with Gasteiger partial charge >= 0.3 is 6.09 Å². The van der Waals surface area contributed by atoms with Crippen molar-refractivity contribution in [2.75, 3.05) is 12.8 Å². The molecule has 0 aliphatic rings. The van der Waals surface area contributed by atoms with Gasteiger partial charge in [0, 0.05) is 6.26 Å². The zero-order valence-electron chi connectivity index (χ0n) is 12.6. The predicted octanol–water partition coefficient (Wildman–Crippen LogP) is 1.65. The second kappa shape index (κ2) is 6.44. The van der Waals surface area contributed by atoms with Crippen molar-refractivity contribution in [3.63, 3.8) is 0 Å². The van der Waals surface area contributed by atoms with Crippen LogP contribution in [0, 0.1) is 0 Å². The molecule has 0 spiro atoms. The number of rotatable bonds is 4. The Bertz CT molecular complexity index is 587. The van der Waals surface area contributed by atoms with Gasteiger partial charge in [0.15, 0.2) is 9.84 Å². The van der Waals surface area contributed by atoms with Crippen molar-refractivity contribution in [2.24, 2.45) is 0 Å². The van der Waals surface area contributed by atoms with Gasteiger partial charge in [-0.15, -0.1) is 0 Å². The smallest absolute Gasteiger partial charge is 0.407 e. The lowest BCUT2D eigenvalue weighted by molar-refractivity contribution is 0.0492. The van der Waals surface area contributed by atoms with E-state index in [1.165, 1.54) is 24.3 Å². The molecule has 1 unspecified atom stereocenters. The van der Waals surface area contributed by atoms with Crippen molar-refractivity contribution in [2.45, 2.75) is 37.4 Å². The van der Waals surface area contributed by atoms with E-state index in [4.69, 9.17) is 4.74 Å². The molecule has 0 radical (unpaired) electrons. The standard InChI is InChI=1S/C14H21NO5S/c1-14(2,3)20-13(17)15-9-12(16)10-5-7-11(8-6-10)21(4,18)19/h5-8,12,16H,9H2,1-4H3,(H,15,17). The summed E-state index contributed by atoms with van der Waals surface area (Å²) < 4.78 is 27.7. The minimum Gasteiger partial charge on any atom is -0.444 e. The molecule has 21 heavy (non-hydrogen) atoms. The molecule has 0 aliphatic carbocycles. The molecule has 1 atom stereocenters. The van der Waals surface area contributed by atoms with E-state index < -0.39 is 27.6 Å². The zero-order valence-corrected chi connectivity index (χ0v) is 13.4. The fourth-order valence-corrected chi connectivity index (χ4v) is 2.18. The molecule has 1 aromatic rings. The first kappa shape index (κ1) is 17.5. The van der Waals surface area contributed by atoms with Crippen molar-refractivity contribution in [1.82, 2.24) is 5.32 Å². The molecule has 0 bridgehead atoms. The van der Waals surface area contributed by atoms with E-state index >= 15 is 0 Å². The Hall–Kier alpha value is -1.60. The van der Waals surface area contributed by atoms with Crippen molar-refractivity contribution in [3.05, 3.63) is 29.8 Å². The maximum absolute atomic E-state index is 11.5. The molecular weight excluding hydrogens is 294 g/mol. The molecule has 118 valence electrons. The van der Waals surface area contributed by atoms with Gasteiger partial charge in [0.1, 0.15) is 5.60 Å². The van der Waals surface area contributed by atoms with E-state index in [2.05, 4.69) is 5.32 Å². The van der Waals surface area contributed by atoms with Crippen LogP contribution in [0.3, 0.4) is 0 Å². The highest BCUT2D eigenvalue weighted by Gasteiger charge is 2.17. The van der Waals surface area contributed by atoms with Crippen LogP contribution in [0.4, 0.5) is 4.79 Å². The highest BCUT2D eigenvalue weighted by atomic mass is 32.2. The molecule has 0 aliphatic heterocycles. The van der Waals surface area contributed by atoms with Crippen LogP contribution >= 0.6 is 0 Å². The molecule has 6 nitrogen and oxygen atoms in total. The third-order valence-corrected chi connectivity index (χ3v) is 3.66. The Balaban J connectivity index is 2.60.